The Balaban J connectivity index is 4.24. The summed E-state index contributed by atoms with van der Waals surface area (Å²) in [6.45, 7) is 19.0. The molecule has 0 heterocycles. The van der Waals surface area contributed by atoms with Crippen LogP contribution >= 0.6 is 0 Å². The molecule has 0 saturated heterocycles. The van der Waals surface area contributed by atoms with Crippen LogP contribution in [0.5, 0.6) is 0 Å². The highest BCUT2D eigenvalue weighted by Crippen LogP contribution is 2.25. The molecule has 9 heteroatoms. The molecule has 0 rings (SSSR count). The van der Waals surface area contributed by atoms with Gasteiger partial charge in [0.1, 0.15) is 0 Å². The molecule has 6 nitrogen and oxygen atoms in total. The van der Waals surface area contributed by atoms with Gasteiger partial charge >= 0.3 is 8.56 Å². The summed E-state index contributed by atoms with van der Waals surface area (Å²) in [5.74, 6) is 0. The quantitative estimate of drug-likeness (QED) is 0.230. The first-order valence-corrected chi connectivity index (χ1v) is 18.8. The van der Waals surface area contributed by atoms with Crippen LogP contribution in [0.25, 0.3) is 0 Å². The number of rotatable bonds is 16. The molecule has 0 aromatic carbocycles. The Morgan fingerprint density at radius 3 is 1.32 bits per heavy atom. The van der Waals surface area contributed by atoms with E-state index in [0.29, 0.717) is 13.1 Å². The van der Waals surface area contributed by atoms with Gasteiger partial charge in [-0.3, -0.25) is 0 Å². The molecule has 0 aromatic heterocycles. The first-order chi connectivity index (χ1) is 11.5. The minimum Gasteiger partial charge on any atom is -0.437 e. The lowest BCUT2D eigenvalue weighted by molar-refractivity contribution is 0.386. The molecule has 0 aliphatic rings. The molecular weight excluding hydrogens is 364 g/mol. The van der Waals surface area contributed by atoms with E-state index in [1.165, 1.54) is 0 Å². The van der Waals surface area contributed by atoms with Crippen molar-refractivity contribution in [2.75, 3.05) is 39.3 Å². The van der Waals surface area contributed by atoms with Gasteiger partial charge in [-0.15, -0.1) is 0 Å². The summed E-state index contributed by atoms with van der Waals surface area (Å²) < 4.78 is 13.2. The Morgan fingerprint density at radius 2 is 1.00 bits per heavy atom. The van der Waals surface area contributed by atoms with Crippen molar-refractivity contribution in [3.63, 3.8) is 0 Å². The van der Waals surface area contributed by atoms with Crippen LogP contribution in [-0.2, 0) is 8.23 Å². The fraction of sp³-hybridized carbons (Fsp3) is 1.00. The smallest absolute Gasteiger partial charge is 0.311 e. The lowest BCUT2D eigenvalue weighted by Crippen LogP contribution is -2.52. The van der Waals surface area contributed by atoms with Crippen LogP contribution in [0.3, 0.4) is 0 Å². The van der Waals surface area contributed by atoms with Gasteiger partial charge in [-0.2, -0.15) is 0 Å². The molecule has 0 spiro atoms. The molecule has 0 bridgehead atoms. The van der Waals surface area contributed by atoms with E-state index in [1.54, 1.807) is 0 Å². The van der Waals surface area contributed by atoms with E-state index in [4.69, 9.17) is 19.7 Å². The van der Waals surface area contributed by atoms with Gasteiger partial charge in [0.2, 0.25) is 0 Å². The first-order valence-electron chi connectivity index (χ1n) is 9.75. The lowest BCUT2D eigenvalue weighted by atomic mass is 10.5. The molecule has 25 heavy (non-hydrogen) atoms. The highest BCUT2D eigenvalue weighted by Gasteiger charge is 2.39. The van der Waals surface area contributed by atoms with Crippen LogP contribution in [0.4, 0.5) is 0 Å². The van der Waals surface area contributed by atoms with Crippen LogP contribution in [0, 0.1) is 0 Å². The topological polar surface area (TPSA) is 94.6 Å². The molecule has 0 amide bonds. The van der Waals surface area contributed by atoms with E-state index in [2.05, 4.69) is 49.9 Å². The maximum atomic E-state index is 6.62. The van der Waals surface area contributed by atoms with E-state index in [-0.39, 0.29) is 0 Å². The fourth-order valence-corrected chi connectivity index (χ4v) is 17.2. The summed E-state index contributed by atoms with van der Waals surface area (Å²) in [6, 6.07) is 2.32. The van der Waals surface area contributed by atoms with E-state index in [1.807, 2.05) is 0 Å². The maximum absolute atomic E-state index is 6.62. The van der Waals surface area contributed by atoms with Crippen molar-refractivity contribution in [1.29, 1.82) is 0 Å². The minimum absolute atomic E-state index is 0.701. The third kappa shape index (κ3) is 15.2. The van der Waals surface area contributed by atoms with Gasteiger partial charge in [0.25, 0.3) is 0 Å². The molecule has 0 atom stereocenters. The predicted octanol–water partition coefficient (Wildman–Crippen LogP) is 2.01. The molecule has 0 fully saturated rings. The zero-order chi connectivity index (χ0) is 19.4. The Morgan fingerprint density at radius 1 is 0.640 bits per heavy atom. The summed E-state index contributed by atoms with van der Waals surface area (Å²) in [4.78, 5) is 0. The van der Waals surface area contributed by atoms with Crippen molar-refractivity contribution < 1.29 is 8.23 Å². The molecular formula is C16H44N4O2Si3. The maximum Gasteiger partial charge on any atom is 0.311 e. The SMILES string of the molecule is C[Si](C)(CCCNCCN)O[Si](C)(C)O[Si](C)(C)CCCNCCN. The third-order valence-corrected chi connectivity index (χ3v) is 15.4. The number of nitrogens with one attached hydrogen (secondary N) is 2. The van der Waals surface area contributed by atoms with Gasteiger partial charge in [0, 0.05) is 26.2 Å². The molecule has 0 aliphatic carbocycles. The van der Waals surface area contributed by atoms with Crippen molar-refractivity contribution in [2.45, 2.75) is 64.2 Å². The van der Waals surface area contributed by atoms with Crippen molar-refractivity contribution >= 4 is 25.2 Å². The Labute approximate surface area is 159 Å². The Kier molecular flexibility index (Phi) is 12.9. The minimum atomic E-state index is -2.08. The fourth-order valence-electron chi connectivity index (χ4n) is 3.19. The summed E-state index contributed by atoms with van der Waals surface area (Å²) in [5, 5.41) is 6.72. The van der Waals surface area contributed by atoms with Crippen molar-refractivity contribution in [3.8, 4) is 0 Å². The summed E-state index contributed by atoms with van der Waals surface area (Å²) in [6.07, 6.45) is 2.30. The number of hydrogen-bond acceptors (Lipinski definition) is 6. The van der Waals surface area contributed by atoms with E-state index in [0.717, 1.165) is 51.1 Å². The van der Waals surface area contributed by atoms with Crippen molar-refractivity contribution in [2.24, 2.45) is 11.5 Å². The van der Waals surface area contributed by atoms with Crippen LogP contribution < -0.4 is 22.1 Å². The lowest BCUT2D eigenvalue weighted by Gasteiger charge is -2.39. The van der Waals surface area contributed by atoms with E-state index >= 15 is 0 Å². The summed E-state index contributed by atoms with van der Waals surface area (Å²) >= 11 is 0. The Bertz CT molecular complexity index is 315. The Hall–Kier alpha value is 0.411. The van der Waals surface area contributed by atoms with Gasteiger partial charge in [-0.05, 0) is 77.3 Å². The average Bonchev–Trinajstić information content (AvgIpc) is 2.44. The molecule has 0 saturated carbocycles. The third-order valence-electron chi connectivity index (χ3n) is 3.95. The molecule has 152 valence electrons. The highest BCUT2D eigenvalue weighted by molar-refractivity contribution is 6.87. The zero-order valence-corrected chi connectivity index (χ0v) is 20.5. The van der Waals surface area contributed by atoms with Gasteiger partial charge < -0.3 is 30.3 Å². The standard InChI is InChI=1S/C16H44N4O2Si3/c1-23(2,15-7-11-19-13-9-17)21-25(5,6)22-24(3,4)16-8-12-20-14-10-18/h19-20H,7-18H2,1-6H3. The molecule has 6 N–H and O–H groups in total. The van der Waals surface area contributed by atoms with Gasteiger partial charge in [-0.1, -0.05) is 0 Å². The van der Waals surface area contributed by atoms with Crippen LogP contribution in [0.15, 0.2) is 0 Å². The molecule has 0 radical (unpaired) electrons. The molecule has 0 aromatic rings. The predicted molar refractivity (Wildman–Crippen MR) is 117 cm³/mol. The number of nitrogens with two attached hydrogens (primary N) is 2. The second-order valence-corrected chi connectivity index (χ2v) is 20.9. The van der Waals surface area contributed by atoms with Gasteiger partial charge in [0.05, 0.1) is 0 Å². The highest BCUT2D eigenvalue weighted by atomic mass is 28.5. The largest absolute Gasteiger partial charge is 0.437 e. The normalized spacial score (nSPS) is 13.4. The van der Waals surface area contributed by atoms with E-state index in [9.17, 15) is 0 Å². The summed E-state index contributed by atoms with van der Waals surface area (Å²) in [5.41, 5.74) is 11.0. The number of hydrogen-bond donors (Lipinski definition) is 4. The van der Waals surface area contributed by atoms with Crippen LogP contribution in [-0.4, -0.2) is 64.5 Å². The molecule has 0 aliphatic heterocycles. The van der Waals surface area contributed by atoms with Crippen LogP contribution in [0.2, 0.25) is 51.4 Å². The first kappa shape index (κ1) is 25.4. The van der Waals surface area contributed by atoms with Crippen LogP contribution in [0.1, 0.15) is 12.8 Å². The second-order valence-electron chi connectivity index (χ2n) is 8.41. The zero-order valence-electron chi connectivity index (χ0n) is 17.5. The molecule has 0 unspecified atom stereocenters. The summed E-state index contributed by atoms with van der Waals surface area (Å²) in [7, 11) is -5.45. The van der Waals surface area contributed by atoms with Crippen molar-refractivity contribution in [1.82, 2.24) is 10.6 Å². The van der Waals surface area contributed by atoms with Gasteiger partial charge in [0.15, 0.2) is 16.6 Å². The van der Waals surface area contributed by atoms with E-state index < -0.39 is 25.2 Å². The monoisotopic (exact) mass is 408 g/mol. The van der Waals surface area contributed by atoms with Crippen molar-refractivity contribution in [3.05, 3.63) is 0 Å². The average molecular weight is 409 g/mol. The van der Waals surface area contributed by atoms with Gasteiger partial charge in [-0.25, -0.2) is 0 Å². The second kappa shape index (κ2) is 12.7.